The zero-order chi connectivity index (χ0) is 12.3. The summed E-state index contributed by atoms with van der Waals surface area (Å²) in [5, 5.41) is 9.11. The summed E-state index contributed by atoms with van der Waals surface area (Å²) in [6.07, 6.45) is 0. The minimum Gasteiger partial charge on any atom is -0.508 e. The van der Waals surface area contributed by atoms with Crippen LogP contribution in [0, 0.1) is 5.82 Å². The van der Waals surface area contributed by atoms with E-state index < -0.39 is 0 Å². The molecule has 0 atom stereocenters. The number of phenols is 1. The van der Waals surface area contributed by atoms with Crippen LogP contribution in [0.3, 0.4) is 0 Å². The third kappa shape index (κ3) is 3.20. The molecule has 0 amide bonds. The predicted octanol–water partition coefficient (Wildman–Crippen LogP) is 3.87. The van der Waals surface area contributed by atoms with Crippen LogP contribution < -0.4 is 4.74 Å². The summed E-state index contributed by atoms with van der Waals surface area (Å²) in [5.74, 6) is 0.559. The molecular formula is C13H10BrFO2. The van der Waals surface area contributed by atoms with Crippen LogP contribution in [-0.4, -0.2) is 5.11 Å². The van der Waals surface area contributed by atoms with Gasteiger partial charge in [-0.1, -0.05) is 6.07 Å². The van der Waals surface area contributed by atoms with Crippen LogP contribution in [0.4, 0.5) is 4.39 Å². The first-order chi connectivity index (χ1) is 8.15. The van der Waals surface area contributed by atoms with Gasteiger partial charge in [0.05, 0.1) is 4.47 Å². The van der Waals surface area contributed by atoms with Gasteiger partial charge in [-0.2, -0.15) is 0 Å². The molecule has 0 aliphatic rings. The molecule has 0 aliphatic carbocycles. The van der Waals surface area contributed by atoms with Gasteiger partial charge in [0.2, 0.25) is 0 Å². The number of hydrogen-bond donors (Lipinski definition) is 1. The van der Waals surface area contributed by atoms with E-state index in [1.807, 2.05) is 0 Å². The van der Waals surface area contributed by atoms with E-state index in [4.69, 9.17) is 9.84 Å². The van der Waals surface area contributed by atoms with Gasteiger partial charge in [-0.25, -0.2) is 4.39 Å². The monoisotopic (exact) mass is 296 g/mol. The van der Waals surface area contributed by atoms with Crippen molar-refractivity contribution < 1.29 is 14.2 Å². The average molecular weight is 297 g/mol. The number of ether oxygens (including phenoxy) is 1. The van der Waals surface area contributed by atoms with Gasteiger partial charge in [-0.15, -0.1) is 0 Å². The van der Waals surface area contributed by atoms with Crippen LogP contribution in [0.2, 0.25) is 0 Å². The van der Waals surface area contributed by atoms with E-state index in [1.165, 1.54) is 6.07 Å². The quantitative estimate of drug-likeness (QED) is 0.931. The summed E-state index contributed by atoms with van der Waals surface area (Å²) in [6, 6.07) is 11.2. The molecule has 0 saturated carbocycles. The summed E-state index contributed by atoms with van der Waals surface area (Å²) < 4.78 is 18.9. The standard InChI is InChI=1S/C13H10BrFO2/c14-12-7-9(1-6-13(12)15)8-17-11-4-2-10(16)3-5-11/h1-7,16H,8H2. The van der Waals surface area contributed by atoms with Crippen molar-refractivity contribution in [3.63, 3.8) is 0 Å². The van der Waals surface area contributed by atoms with Crippen molar-refractivity contribution in [2.75, 3.05) is 0 Å². The van der Waals surface area contributed by atoms with Crippen molar-refractivity contribution in [1.29, 1.82) is 0 Å². The molecule has 0 spiro atoms. The first-order valence-corrected chi connectivity index (χ1v) is 5.80. The van der Waals surface area contributed by atoms with E-state index in [9.17, 15) is 4.39 Å². The molecule has 2 aromatic rings. The Kier molecular flexibility index (Phi) is 3.64. The molecule has 0 aromatic heterocycles. The van der Waals surface area contributed by atoms with E-state index in [0.717, 1.165) is 5.56 Å². The maximum Gasteiger partial charge on any atom is 0.137 e. The number of rotatable bonds is 3. The summed E-state index contributed by atoms with van der Waals surface area (Å²) in [4.78, 5) is 0. The third-order valence-electron chi connectivity index (χ3n) is 2.23. The van der Waals surface area contributed by atoms with Crippen LogP contribution in [0.15, 0.2) is 46.9 Å². The molecule has 4 heteroatoms. The molecule has 0 saturated heterocycles. The van der Waals surface area contributed by atoms with Crippen molar-refractivity contribution in [2.45, 2.75) is 6.61 Å². The van der Waals surface area contributed by atoms with Crippen molar-refractivity contribution >= 4 is 15.9 Å². The Balaban J connectivity index is 2.02. The zero-order valence-corrected chi connectivity index (χ0v) is 10.4. The van der Waals surface area contributed by atoms with Gasteiger partial charge in [0, 0.05) is 0 Å². The minimum absolute atomic E-state index is 0.196. The van der Waals surface area contributed by atoms with Crippen molar-refractivity contribution in [3.8, 4) is 11.5 Å². The molecule has 2 rings (SSSR count). The summed E-state index contributed by atoms with van der Waals surface area (Å²) >= 11 is 3.12. The van der Waals surface area contributed by atoms with Gasteiger partial charge in [-0.05, 0) is 57.9 Å². The molecule has 2 nitrogen and oxygen atoms in total. The third-order valence-corrected chi connectivity index (χ3v) is 2.83. The molecule has 0 bridgehead atoms. The van der Waals surface area contributed by atoms with Crippen LogP contribution in [0.5, 0.6) is 11.5 Å². The second-order valence-corrected chi connectivity index (χ2v) is 4.39. The highest BCUT2D eigenvalue weighted by Crippen LogP contribution is 2.20. The zero-order valence-electron chi connectivity index (χ0n) is 8.86. The number of benzene rings is 2. The Labute approximate surface area is 107 Å². The molecule has 0 fully saturated rings. The molecule has 88 valence electrons. The summed E-state index contributed by atoms with van der Waals surface area (Å²) in [6.45, 7) is 0.351. The lowest BCUT2D eigenvalue weighted by Gasteiger charge is -2.06. The minimum atomic E-state index is -0.293. The Morgan fingerprint density at radius 1 is 1.12 bits per heavy atom. The fourth-order valence-corrected chi connectivity index (χ4v) is 1.76. The highest BCUT2D eigenvalue weighted by molar-refractivity contribution is 9.10. The number of hydrogen-bond acceptors (Lipinski definition) is 2. The Morgan fingerprint density at radius 3 is 2.47 bits per heavy atom. The molecule has 0 aliphatic heterocycles. The lowest BCUT2D eigenvalue weighted by atomic mass is 10.2. The van der Waals surface area contributed by atoms with Crippen LogP contribution in [0.25, 0.3) is 0 Å². The SMILES string of the molecule is Oc1ccc(OCc2ccc(F)c(Br)c2)cc1. The normalized spacial score (nSPS) is 10.2. The fourth-order valence-electron chi connectivity index (χ4n) is 1.34. The maximum atomic E-state index is 13.0. The van der Waals surface area contributed by atoms with Crippen LogP contribution in [0.1, 0.15) is 5.56 Å². The highest BCUT2D eigenvalue weighted by atomic mass is 79.9. The molecular weight excluding hydrogens is 287 g/mol. The second-order valence-electron chi connectivity index (χ2n) is 3.53. The van der Waals surface area contributed by atoms with Gasteiger partial charge < -0.3 is 9.84 Å². The molecule has 17 heavy (non-hydrogen) atoms. The number of halogens is 2. The first kappa shape index (κ1) is 11.9. The first-order valence-electron chi connectivity index (χ1n) is 5.01. The molecule has 2 aromatic carbocycles. The highest BCUT2D eigenvalue weighted by Gasteiger charge is 2.01. The van der Waals surface area contributed by atoms with Gasteiger partial charge in [0.15, 0.2) is 0 Å². The lowest BCUT2D eigenvalue weighted by Crippen LogP contribution is -1.95. The van der Waals surface area contributed by atoms with Gasteiger partial charge in [0.1, 0.15) is 23.9 Å². The molecule has 0 radical (unpaired) electrons. The summed E-state index contributed by atoms with van der Waals surface area (Å²) in [7, 11) is 0. The predicted molar refractivity (Wildman–Crippen MR) is 66.5 cm³/mol. The average Bonchev–Trinajstić information content (AvgIpc) is 2.33. The summed E-state index contributed by atoms with van der Waals surface area (Å²) in [5.41, 5.74) is 0.867. The second kappa shape index (κ2) is 5.19. The van der Waals surface area contributed by atoms with E-state index in [1.54, 1.807) is 36.4 Å². The number of aromatic hydroxyl groups is 1. The number of phenolic OH excluding ortho intramolecular Hbond substituents is 1. The Hall–Kier alpha value is -1.55. The Morgan fingerprint density at radius 2 is 1.82 bits per heavy atom. The van der Waals surface area contributed by atoms with Crippen LogP contribution in [-0.2, 0) is 6.61 Å². The van der Waals surface area contributed by atoms with E-state index in [2.05, 4.69) is 15.9 Å². The van der Waals surface area contributed by atoms with Gasteiger partial charge >= 0.3 is 0 Å². The Bertz CT molecular complexity index is 511. The molecule has 1 N–H and O–H groups in total. The van der Waals surface area contributed by atoms with Gasteiger partial charge in [-0.3, -0.25) is 0 Å². The van der Waals surface area contributed by atoms with Crippen LogP contribution >= 0.6 is 15.9 Å². The topological polar surface area (TPSA) is 29.5 Å². The van der Waals surface area contributed by atoms with Crippen molar-refractivity contribution in [3.05, 3.63) is 58.3 Å². The molecule has 0 unspecified atom stereocenters. The maximum absolute atomic E-state index is 13.0. The fraction of sp³-hybridized carbons (Fsp3) is 0.0769. The smallest absolute Gasteiger partial charge is 0.137 e. The van der Waals surface area contributed by atoms with Crippen molar-refractivity contribution in [1.82, 2.24) is 0 Å². The van der Waals surface area contributed by atoms with E-state index >= 15 is 0 Å². The van der Waals surface area contributed by atoms with E-state index in [-0.39, 0.29) is 11.6 Å². The van der Waals surface area contributed by atoms with E-state index in [0.29, 0.717) is 16.8 Å². The lowest BCUT2D eigenvalue weighted by molar-refractivity contribution is 0.305. The van der Waals surface area contributed by atoms with Crippen molar-refractivity contribution in [2.24, 2.45) is 0 Å². The van der Waals surface area contributed by atoms with Gasteiger partial charge in [0.25, 0.3) is 0 Å². The largest absolute Gasteiger partial charge is 0.508 e. The molecule has 0 heterocycles.